The third-order valence-corrected chi connectivity index (χ3v) is 4.29. The Hall–Kier alpha value is -3.12. The van der Waals surface area contributed by atoms with E-state index in [0.717, 1.165) is 22.1 Å². The number of nitrogens with one attached hydrogen (secondary N) is 1. The number of amides is 1. The Morgan fingerprint density at radius 2 is 1.93 bits per heavy atom. The summed E-state index contributed by atoms with van der Waals surface area (Å²) in [7, 11) is 3.02. The SMILES string of the molecule is CNC(=O)C(COC)Oc1ccc2c(-c3ccccc3C)cc(=O)oc2c1. The molecule has 0 aliphatic heterocycles. The zero-order chi connectivity index (χ0) is 19.4. The van der Waals surface area contributed by atoms with E-state index in [1.807, 2.05) is 37.3 Å². The van der Waals surface area contributed by atoms with Crippen molar-refractivity contribution < 1.29 is 18.7 Å². The van der Waals surface area contributed by atoms with E-state index in [2.05, 4.69) is 5.32 Å². The number of hydrogen-bond acceptors (Lipinski definition) is 5. The van der Waals surface area contributed by atoms with E-state index in [-0.39, 0.29) is 12.5 Å². The van der Waals surface area contributed by atoms with Gasteiger partial charge in [0.05, 0.1) is 6.61 Å². The van der Waals surface area contributed by atoms with Crippen molar-refractivity contribution in [2.45, 2.75) is 13.0 Å². The second-order valence-electron chi connectivity index (χ2n) is 6.13. The molecule has 1 aromatic heterocycles. The lowest BCUT2D eigenvalue weighted by Crippen LogP contribution is -2.39. The number of hydrogen-bond donors (Lipinski definition) is 1. The summed E-state index contributed by atoms with van der Waals surface area (Å²) in [4.78, 5) is 24.0. The van der Waals surface area contributed by atoms with Crippen molar-refractivity contribution >= 4 is 16.9 Å². The summed E-state index contributed by atoms with van der Waals surface area (Å²) >= 11 is 0. The van der Waals surface area contributed by atoms with Crippen LogP contribution < -0.4 is 15.7 Å². The molecule has 0 radical (unpaired) electrons. The Morgan fingerprint density at radius 3 is 2.63 bits per heavy atom. The monoisotopic (exact) mass is 367 g/mol. The fraction of sp³-hybridized carbons (Fsp3) is 0.238. The molecule has 6 nitrogen and oxygen atoms in total. The van der Waals surface area contributed by atoms with Crippen LogP contribution in [0.3, 0.4) is 0 Å². The molecule has 2 aromatic carbocycles. The van der Waals surface area contributed by atoms with Crippen LogP contribution in [-0.4, -0.2) is 32.8 Å². The molecule has 0 saturated carbocycles. The summed E-state index contributed by atoms with van der Waals surface area (Å²) in [5, 5.41) is 3.33. The number of fused-ring (bicyclic) bond motifs is 1. The lowest BCUT2D eigenvalue weighted by Gasteiger charge is -2.17. The summed E-state index contributed by atoms with van der Waals surface area (Å²) in [6.07, 6.45) is -0.802. The number of likely N-dealkylation sites (N-methyl/N-ethyl adjacent to an activating group) is 1. The average molecular weight is 367 g/mol. The Balaban J connectivity index is 2.05. The van der Waals surface area contributed by atoms with Crippen LogP contribution in [0.1, 0.15) is 5.56 Å². The maximum atomic E-state index is 12.1. The number of ether oxygens (including phenoxy) is 2. The largest absolute Gasteiger partial charge is 0.478 e. The van der Waals surface area contributed by atoms with E-state index >= 15 is 0 Å². The van der Waals surface area contributed by atoms with Gasteiger partial charge in [-0.2, -0.15) is 0 Å². The molecule has 140 valence electrons. The standard InChI is InChI=1S/C21H21NO5/c1-13-6-4-5-7-15(13)17-11-20(23)27-18-10-14(8-9-16(17)18)26-19(12-25-3)21(24)22-2/h4-11,19H,12H2,1-3H3,(H,22,24). The topological polar surface area (TPSA) is 77.8 Å². The van der Waals surface area contributed by atoms with Gasteiger partial charge < -0.3 is 19.2 Å². The molecule has 27 heavy (non-hydrogen) atoms. The number of carbonyl (C=O) groups excluding carboxylic acids is 1. The van der Waals surface area contributed by atoms with Gasteiger partial charge in [-0.25, -0.2) is 4.79 Å². The molecular weight excluding hydrogens is 346 g/mol. The van der Waals surface area contributed by atoms with E-state index < -0.39 is 11.7 Å². The molecule has 1 N–H and O–H groups in total. The highest BCUT2D eigenvalue weighted by molar-refractivity contribution is 5.94. The van der Waals surface area contributed by atoms with E-state index in [1.54, 1.807) is 12.1 Å². The third kappa shape index (κ3) is 4.01. The number of methoxy groups -OCH3 is 1. The Labute approximate surface area is 156 Å². The van der Waals surface area contributed by atoms with Crippen molar-refractivity contribution in [2.75, 3.05) is 20.8 Å². The van der Waals surface area contributed by atoms with Crippen LogP contribution in [0.5, 0.6) is 5.75 Å². The second kappa shape index (κ2) is 8.05. The van der Waals surface area contributed by atoms with Crippen LogP contribution in [0.4, 0.5) is 0 Å². The molecule has 1 amide bonds. The normalized spacial score (nSPS) is 12.0. The number of benzene rings is 2. The Morgan fingerprint density at radius 1 is 1.15 bits per heavy atom. The van der Waals surface area contributed by atoms with Crippen LogP contribution >= 0.6 is 0 Å². The smallest absolute Gasteiger partial charge is 0.336 e. The number of aryl methyl sites for hydroxylation is 1. The van der Waals surface area contributed by atoms with Gasteiger partial charge in [0.25, 0.3) is 5.91 Å². The van der Waals surface area contributed by atoms with Gasteiger partial charge in [0.1, 0.15) is 11.3 Å². The minimum absolute atomic E-state index is 0.102. The summed E-state index contributed by atoms with van der Waals surface area (Å²) < 4.78 is 16.1. The average Bonchev–Trinajstić information content (AvgIpc) is 2.66. The van der Waals surface area contributed by atoms with Gasteiger partial charge in [-0.05, 0) is 30.2 Å². The van der Waals surface area contributed by atoms with Gasteiger partial charge in [0.15, 0.2) is 6.10 Å². The first-order chi connectivity index (χ1) is 13.0. The van der Waals surface area contributed by atoms with Crippen molar-refractivity contribution in [3.63, 3.8) is 0 Å². The van der Waals surface area contributed by atoms with Crippen LogP contribution in [-0.2, 0) is 9.53 Å². The van der Waals surface area contributed by atoms with Crippen LogP contribution in [0.2, 0.25) is 0 Å². The Kier molecular flexibility index (Phi) is 5.57. The molecule has 0 aliphatic rings. The van der Waals surface area contributed by atoms with E-state index in [1.165, 1.54) is 20.2 Å². The van der Waals surface area contributed by atoms with Gasteiger partial charge in [-0.1, -0.05) is 24.3 Å². The third-order valence-electron chi connectivity index (χ3n) is 4.29. The number of carbonyl (C=O) groups is 1. The molecule has 0 fully saturated rings. The van der Waals surface area contributed by atoms with Crippen molar-refractivity contribution in [1.82, 2.24) is 5.32 Å². The van der Waals surface area contributed by atoms with Gasteiger partial charge in [-0.15, -0.1) is 0 Å². The zero-order valence-corrected chi connectivity index (χ0v) is 15.4. The Bertz CT molecular complexity index is 1020. The highest BCUT2D eigenvalue weighted by Crippen LogP contribution is 2.31. The predicted molar refractivity (Wildman–Crippen MR) is 103 cm³/mol. The van der Waals surface area contributed by atoms with Crippen molar-refractivity contribution in [1.29, 1.82) is 0 Å². The first-order valence-corrected chi connectivity index (χ1v) is 8.54. The zero-order valence-electron chi connectivity index (χ0n) is 15.4. The molecular formula is C21H21NO5. The van der Waals surface area contributed by atoms with E-state index in [0.29, 0.717) is 11.3 Å². The molecule has 1 atom stereocenters. The van der Waals surface area contributed by atoms with Gasteiger partial charge in [0, 0.05) is 37.2 Å². The van der Waals surface area contributed by atoms with Crippen molar-refractivity contribution in [3.8, 4) is 16.9 Å². The summed E-state index contributed by atoms with van der Waals surface area (Å²) in [6, 6.07) is 14.5. The first-order valence-electron chi connectivity index (χ1n) is 8.54. The molecule has 1 unspecified atom stereocenters. The highest BCUT2D eigenvalue weighted by atomic mass is 16.5. The maximum Gasteiger partial charge on any atom is 0.336 e. The van der Waals surface area contributed by atoms with Gasteiger partial charge in [-0.3, -0.25) is 4.79 Å². The molecule has 3 rings (SSSR count). The molecule has 6 heteroatoms. The summed E-state index contributed by atoms with van der Waals surface area (Å²) in [5.74, 6) is 0.116. The lowest BCUT2D eigenvalue weighted by molar-refractivity contribution is -0.129. The second-order valence-corrected chi connectivity index (χ2v) is 6.13. The van der Waals surface area contributed by atoms with E-state index in [4.69, 9.17) is 13.9 Å². The van der Waals surface area contributed by atoms with Crippen molar-refractivity contribution in [2.24, 2.45) is 0 Å². The van der Waals surface area contributed by atoms with Gasteiger partial charge in [0.2, 0.25) is 0 Å². The molecule has 1 heterocycles. The summed E-state index contributed by atoms with van der Waals surface area (Å²) in [5.41, 5.74) is 2.77. The summed E-state index contributed by atoms with van der Waals surface area (Å²) in [6.45, 7) is 2.09. The number of rotatable bonds is 6. The minimum atomic E-state index is -0.802. The minimum Gasteiger partial charge on any atom is -0.478 e. The predicted octanol–water partition coefficient (Wildman–Crippen LogP) is 2.91. The molecule has 0 spiro atoms. The van der Waals surface area contributed by atoms with Gasteiger partial charge >= 0.3 is 5.63 Å². The van der Waals surface area contributed by atoms with Crippen LogP contribution in [0.15, 0.2) is 57.7 Å². The van der Waals surface area contributed by atoms with Crippen LogP contribution in [0.25, 0.3) is 22.1 Å². The fourth-order valence-corrected chi connectivity index (χ4v) is 2.95. The first kappa shape index (κ1) is 18.7. The maximum absolute atomic E-state index is 12.1. The molecule has 0 aliphatic carbocycles. The van der Waals surface area contributed by atoms with Crippen LogP contribution in [0, 0.1) is 6.92 Å². The fourth-order valence-electron chi connectivity index (χ4n) is 2.95. The van der Waals surface area contributed by atoms with E-state index in [9.17, 15) is 9.59 Å². The quantitative estimate of drug-likeness (QED) is 0.678. The molecule has 3 aromatic rings. The lowest BCUT2D eigenvalue weighted by atomic mass is 9.98. The molecule has 0 saturated heterocycles. The molecule has 0 bridgehead atoms. The highest BCUT2D eigenvalue weighted by Gasteiger charge is 2.19. The van der Waals surface area contributed by atoms with Crippen molar-refractivity contribution in [3.05, 3.63) is 64.5 Å².